The highest BCUT2D eigenvalue weighted by Crippen LogP contribution is 2.27. The van der Waals surface area contributed by atoms with Gasteiger partial charge < -0.3 is 9.64 Å². The van der Waals surface area contributed by atoms with E-state index in [0.29, 0.717) is 5.75 Å². The number of carbonyl (C=O) groups excluding carboxylic acids is 1. The van der Waals surface area contributed by atoms with Gasteiger partial charge in [-0.05, 0) is 32.0 Å². The summed E-state index contributed by atoms with van der Waals surface area (Å²) in [7, 11) is -4.04. The molecule has 0 bridgehead atoms. The van der Waals surface area contributed by atoms with Crippen molar-refractivity contribution >= 4 is 21.6 Å². The van der Waals surface area contributed by atoms with Crippen molar-refractivity contribution in [1.29, 1.82) is 0 Å². The summed E-state index contributed by atoms with van der Waals surface area (Å²) in [6, 6.07) is 12.6. The SMILES string of the molecule is Cc1ccc(OC(C)C(=O)N2CCN(S(=O)(=O)c3ccccc3[N+](=O)[O-])CC2)cc1. The summed E-state index contributed by atoms with van der Waals surface area (Å²) in [5.74, 6) is 0.345. The van der Waals surface area contributed by atoms with E-state index in [0.717, 1.165) is 11.6 Å². The third-order valence-corrected chi connectivity index (χ3v) is 6.86. The number of sulfonamides is 1. The van der Waals surface area contributed by atoms with Crippen LogP contribution in [0.2, 0.25) is 0 Å². The molecule has 1 saturated heterocycles. The summed E-state index contributed by atoms with van der Waals surface area (Å²) < 4.78 is 32.6. The maximum atomic E-state index is 12.9. The van der Waals surface area contributed by atoms with Crippen LogP contribution in [0.1, 0.15) is 12.5 Å². The summed E-state index contributed by atoms with van der Waals surface area (Å²) in [6.45, 7) is 4.07. The lowest BCUT2D eigenvalue weighted by atomic mass is 10.2. The summed E-state index contributed by atoms with van der Waals surface area (Å²) in [6.07, 6.45) is -0.717. The minimum absolute atomic E-state index is 0.0529. The highest BCUT2D eigenvalue weighted by molar-refractivity contribution is 7.89. The molecule has 0 radical (unpaired) electrons. The molecule has 1 aliphatic rings. The molecule has 9 nitrogen and oxygen atoms in total. The van der Waals surface area contributed by atoms with Gasteiger partial charge in [-0.15, -0.1) is 0 Å². The lowest BCUT2D eigenvalue weighted by Crippen LogP contribution is -2.53. The number of rotatable bonds is 6. The van der Waals surface area contributed by atoms with Crippen LogP contribution in [0.4, 0.5) is 5.69 Å². The average molecular weight is 433 g/mol. The number of nitrogens with zero attached hydrogens (tertiary/aromatic N) is 3. The minimum atomic E-state index is -4.04. The predicted molar refractivity (Wildman–Crippen MR) is 110 cm³/mol. The van der Waals surface area contributed by atoms with Crippen molar-refractivity contribution in [3.05, 3.63) is 64.2 Å². The third kappa shape index (κ3) is 4.60. The van der Waals surface area contributed by atoms with Gasteiger partial charge in [0.05, 0.1) is 4.92 Å². The van der Waals surface area contributed by atoms with Gasteiger partial charge in [0.25, 0.3) is 11.6 Å². The molecule has 1 fully saturated rings. The van der Waals surface area contributed by atoms with E-state index < -0.39 is 26.7 Å². The number of aryl methyl sites for hydroxylation is 1. The van der Waals surface area contributed by atoms with Crippen LogP contribution in [-0.4, -0.2) is 60.7 Å². The summed E-state index contributed by atoms with van der Waals surface area (Å²) in [5.41, 5.74) is 0.619. The van der Waals surface area contributed by atoms with Crippen LogP contribution in [-0.2, 0) is 14.8 Å². The van der Waals surface area contributed by atoms with Crippen molar-refractivity contribution in [2.45, 2.75) is 24.8 Å². The van der Waals surface area contributed by atoms with E-state index in [2.05, 4.69) is 0 Å². The van der Waals surface area contributed by atoms with Crippen LogP contribution in [0.5, 0.6) is 5.75 Å². The Morgan fingerprint density at radius 2 is 1.67 bits per heavy atom. The highest BCUT2D eigenvalue weighted by Gasteiger charge is 2.35. The van der Waals surface area contributed by atoms with Gasteiger partial charge in [-0.25, -0.2) is 8.42 Å². The fourth-order valence-electron chi connectivity index (χ4n) is 3.24. The van der Waals surface area contributed by atoms with Gasteiger partial charge in [-0.1, -0.05) is 29.8 Å². The number of hydrogen-bond acceptors (Lipinski definition) is 6. The topological polar surface area (TPSA) is 110 Å². The molecule has 10 heteroatoms. The number of benzene rings is 2. The van der Waals surface area contributed by atoms with Crippen LogP contribution in [0.3, 0.4) is 0 Å². The number of ether oxygens (including phenoxy) is 1. The Bertz CT molecular complexity index is 1030. The quantitative estimate of drug-likeness (QED) is 0.510. The number of para-hydroxylation sites is 1. The number of hydrogen-bond donors (Lipinski definition) is 0. The van der Waals surface area contributed by atoms with Crippen molar-refractivity contribution in [3.63, 3.8) is 0 Å². The molecule has 1 heterocycles. The Hall–Kier alpha value is -2.98. The van der Waals surface area contributed by atoms with E-state index >= 15 is 0 Å². The molecule has 0 saturated carbocycles. The maximum Gasteiger partial charge on any atom is 0.289 e. The lowest BCUT2D eigenvalue weighted by molar-refractivity contribution is -0.387. The van der Waals surface area contributed by atoms with Gasteiger partial charge >= 0.3 is 0 Å². The van der Waals surface area contributed by atoms with Crippen molar-refractivity contribution in [1.82, 2.24) is 9.21 Å². The first-order chi connectivity index (χ1) is 14.2. The summed E-state index contributed by atoms with van der Waals surface area (Å²) in [5, 5.41) is 11.2. The Morgan fingerprint density at radius 3 is 2.27 bits per heavy atom. The second-order valence-corrected chi connectivity index (χ2v) is 8.93. The van der Waals surface area contributed by atoms with E-state index in [9.17, 15) is 23.3 Å². The van der Waals surface area contributed by atoms with Crippen molar-refractivity contribution < 1.29 is 22.9 Å². The fraction of sp³-hybridized carbons (Fsp3) is 0.350. The van der Waals surface area contributed by atoms with Crippen LogP contribution in [0, 0.1) is 17.0 Å². The number of amides is 1. The predicted octanol–water partition coefficient (Wildman–Crippen LogP) is 2.20. The molecule has 0 aliphatic carbocycles. The number of nitro benzene ring substituents is 1. The second-order valence-electron chi connectivity index (χ2n) is 7.03. The molecule has 3 rings (SSSR count). The molecule has 2 aromatic rings. The number of piperazine rings is 1. The van der Waals surface area contributed by atoms with E-state index in [1.807, 2.05) is 19.1 Å². The first-order valence-corrected chi connectivity index (χ1v) is 10.9. The Kier molecular flexibility index (Phi) is 6.37. The van der Waals surface area contributed by atoms with Crippen LogP contribution < -0.4 is 4.74 Å². The molecule has 30 heavy (non-hydrogen) atoms. The molecular formula is C20H23N3O6S. The normalized spacial score (nSPS) is 16.1. The number of nitro groups is 1. The van der Waals surface area contributed by atoms with Gasteiger partial charge in [0.2, 0.25) is 10.0 Å². The first-order valence-electron chi connectivity index (χ1n) is 9.46. The van der Waals surface area contributed by atoms with Gasteiger partial charge in [0.15, 0.2) is 11.0 Å². The Labute approximate surface area is 175 Å². The molecule has 1 unspecified atom stereocenters. The number of carbonyl (C=O) groups is 1. The molecule has 2 aromatic carbocycles. The largest absolute Gasteiger partial charge is 0.481 e. The van der Waals surface area contributed by atoms with Crippen molar-refractivity contribution in [2.24, 2.45) is 0 Å². The van der Waals surface area contributed by atoms with Crippen LogP contribution in [0.25, 0.3) is 0 Å². The smallest absolute Gasteiger partial charge is 0.289 e. The zero-order chi connectivity index (χ0) is 21.9. The molecule has 0 aromatic heterocycles. The van der Waals surface area contributed by atoms with Crippen molar-refractivity contribution in [3.8, 4) is 5.75 Å². The van der Waals surface area contributed by atoms with E-state index in [1.54, 1.807) is 24.0 Å². The van der Waals surface area contributed by atoms with E-state index in [1.165, 1.54) is 22.5 Å². The molecular weight excluding hydrogens is 410 g/mol. The zero-order valence-corrected chi connectivity index (χ0v) is 17.5. The Balaban J connectivity index is 1.64. The molecule has 0 N–H and O–H groups in total. The monoisotopic (exact) mass is 433 g/mol. The van der Waals surface area contributed by atoms with Crippen molar-refractivity contribution in [2.75, 3.05) is 26.2 Å². The molecule has 1 aliphatic heterocycles. The molecule has 160 valence electrons. The first kappa shape index (κ1) is 21.7. The average Bonchev–Trinajstić information content (AvgIpc) is 2.74. The molecule has 0 spiro atoms. The third-order valence-electron chi connectivity index (χ3n) is 4.91. The highest BCUT2D eigenvalue weighted by atomic mass is 32.2. The van der Waals surface area contributed by atoms with Gasteiger partial charge in [-0.2, -0.15) is 4.31 Å². The lowest BCUT2D eigenvalue weighted by Gasteiger charge is -2.35. The van der Waals surface area contributed by atoms with Gasteiger partial charge in [0.1, 0.15) is 5.75 Å². The summed E-state index contributed by atoms with van der Waals surface area (Å²) >= 11 is 0. The van der Waals surface area contributed by atoms with E-state index in [-0.39, 0.29) is 37.0 Å². The molecule has 1 amide bonds. The summed E-state index contributed by atoms with van der Waals surface area (Å²) in [4.78, 5) is 24.4. The van der Waals surface area contributed by atoms with Gasteiger partial charge in [0, 0.05) is 32.2 Å². The maximum absolute atomic E-state index is 12.9. The fourth-order valence-corrected chi connectivity index (χ4v) is 4.82. The van der Waals surface area contributed by atoms with E-state index in [4.69, 9.17) is 4.74 Å². The van der Waals surface area contributed by atoms with Crippen LogP contribution >= 0.6 is 0 Å². The minimum Gasteiger partial charge on any atom is -0.481 e. The standard InChI is InChI=1S/C20H23N3O6S/c1-15-7-9-17(10-8-15)29-16(2)20(24)21-11-13-22(14-12-21)30(27,28)19-6-4-3-5-18(19)23(25)26/h3-10,16H,11-14H2,1-2H3. The Morgan fingerprint density at radius 1 is 1.07 bits per heavy atom. The molecule has 1 atom stereocenters. The van der Waals surface area contributed by atoms with Crippen LogP contribution in [0.15, 0.2) is 53.4 Å². The zero-order valence-electron chi connectivity index (χ0n) is 16.7. The van der Waals surface area contributed by atoms with Gasteiger partial charge in [-0.3, -0.25) is 14.9 Å². The second kappa shape index (κ2) is 8.80.